The van der Waals surface area contributed by atoms with E-state index in [1.165, 1.54) is 55.5 Å². The molecule has 0 unspecified atom stereocenters. The van der Waals surface area contributed by atoms with Gasteiger partial charge in [0.1, 0.15) is 18.4 Å². The lowest BCUT2D eigenvalue weighted by molar-refractivity contribution is -0.139. The van der Waals surface area contributed by atoms with Gasteiger partial charge in [-0.05, 0) is 68.3 Å². The summed E-state index contributed by atoms with van der Waals surface area (Å²) in [6.07, 6.45) is -4.15. The minimum absolute atomic E-state index is 0.185. The van der Waals surface area contributed by atoms with Gasteiger partial charge in [-0.25, -0.2) is 12.8 Å². The van der Waals surface area contributed by atoms with Gasteiger partial charge in [0.15, 0.2) is 0 Å². The van der Waals surface area contributed by atoms with Crippen LogP contribution in [0.1, 0.15) is 38.3 Å². The molecule has 1 N–H and O–H groups in total. The van der Waals surface area contributed by atoms with Crippen molar-refractivity contribution >= 4 is 27.5 Å². The molecule has 0 heterocycles. The zero-order valence-electron chi connectivity index (χ0n) is 22.7. The van der Waals surface area contributed by atoms with E-state index in [0.29, 0.717) is 22.4 Å². The van der Waals surface area contributed by atoms with E-state index in [1.807, 2.05) is 6.92 Å². The standard InChI is InChI=1S/C29H31F4N3O4S/c1-4-20(2)34-28(38)21(3)35(18-22-13-15-24(30)16-14-22)27(37)19-36(41(39,40)26-11-6-5-7-12-26)25-10-8-9-23(17-25)29(31,32)33/h5-17,20-21H,4,18-19H2,1-3H3,(H,34,38)/t20-,21-/m0/s1. The Morgan fingerprint density at radius 1 is 0.927 bits per heavy atom. The predicted octanol–water partition coefficient (Wildman–Crippen LogP) is 5.37. The molecular weight excluding hydrogens is 562 g/mol. The van der Waals surface area contributed by atoms with Gasteiger partial charge in [-0.3, -0.25) is 13.9 Å². The maximum atomic E-state index is 13.8. The number of carbonyl (C=O) groups is 2. The van der Waals surface area contributed by atoms with Crippen molar-refractivity contribution in [1.29, 1.82) is 0 Å². The summed E-state index contributed by atoms with van der Waals surface area (Å²) in [6.45, 7) is 4.01. The molecule has 0 spiro atoms. The van der Waals surface area contributed by atoms with Crippen LogP contribution in [-0.4, -0.2) is 43.8 Å². The number of nitrogens with zero attached hydrogens (tertiary/aromatic N) is 2. The monoisotopic (exact) mass is 593 g/mol. The maximum absolute atomic E-state index is 13.8. The molecule has 12 heteroatoms. The smallest absolute Gasteiger partial charge is 0.352 e. The van der Waals surface area contributed by atoms with Crippen molar-refractivity contribution in [2.45, 2.75) is 56.9 Å². The fourth-order valence-corrected chi connectivity index (χ4v) is 5.35. The second kappa shape index (κ2) is 13.2. The molecule has 3 aromatic rings. The highest BCUT2D eigenvalue weighted by molar-refractivity contribution is 7.92. The molecule has 3 aromatic carbocycles. The third kappa shape index (κ3) is 8.06. The Hall–Kier alpha value is -3.93. The number of benzene rings is 3. The third-order valence-corrected chi connectivity index (χ3v) is 8.29. The summed E-state index contributed by atoms with van der Waals surface area (Å²) in [4.78, 5) is 27.7. The van der Waals surface area contributed by atoms with Gasteiger partial charge in [0.2, 0.25) is 11.8 Å². The third-order valence-electron chi connectivity index (χ3n) is 6.51. The number of sulfonamides is 1. The van der Waals surface area contributed by atoms with Crippen LogP contribution in [0.5, 0.6) is 0 Å². The highest BCUT2D eigenvalue weighted by atomic mass is 32.2. The van der Waals surface area contributed by atoms with E-state index < -0.39 is 52.0 Å². The first-order valence-corrected chi connectivity index (χ1v) is 14.3. The Bertz CT molecular complexity index is 1450. The highest BCUT2D eigenvalue weighted by Gasteiger charge is 2.35. The number of hydrogen-bond acceptors (Lipinski definition) is 4. The average molecular weight is 594 g/mol. The largest absolute Gasteiger partial charge is 0.416 e. The number of alkyl halides is 3. The molecule has 0 aromatic heterocycles. The molecule has 0 bridgehead atoms. The van der Waals surface area contributed by atoms with E-state index in [1.54, 1.807) is 13.0 Å². The van der Waals surface area contributed by atoms with Crippen molar-refractivity contribution in [3.63, 3.8) is 0 Å². The maximum Gasteiger partial charge on any atom is 0.416 e. The van der Waals surface area contributed by atoms with Gasteiger partial charge in [-0.1, -0.05) is 43.3 Å². The fourth-order valence-electron chi connectivity index (χ4n) is 3.92. The lowest BCUT2D eigenvalue weighted by atomic mass is 10.1. The molecule has 0 radical (unpaired) electrons. The molecule has 41 heavy (non-hydrogen) atoms. The van der Waals surface area contributed by atoms with Crippen LogP contribution in [0, 0.1) is 5.82 Å². The Morgan fingerprint density at radius 3 is 2.15 bits per heavy atom. The van der Waals surface area contributed by atoms with E-state index >= 15 is 0 Å². The minimum atomic E-state index is -4.76. The van der Waals surface area contributed by atoms with Crippen LogP contribution in [0.2, 0.25) is 0 Å². The first-order valence-electron chi connectivity index (χ1n) is 12.8. The van der Waals surface area contributed by atoms with E-state index in [-0.39, 0.29) is 23.2 Å². The van der Waals surface area contributed by atoms with Crippen molar-refractivity contribution in [2.24, 2.45) is 0 Å². The van der Waals surface area contributed by atoms with E-state index in [0.717, 1.165) is 23.1 Å². The fraction of sp³-hybridized carbons (Fsp3) is 0.310. The number of carbonyl (C=O) groups excluding carboxylic acids is 2. The molecule has 0 fully saturated rings. The summed E-state index contributed by atoms with van der Waals surface area (Å²) in [5, 5.41) is 2.78. The van der Waals surface area contributed by atoms with Crippen molar-refractivity contribution in [1.82, 2.24) is 10.2 Å². The van der Waals surface area contributed by atoms with Gasteiger partial charge in [0.05, 0.1) is 16.1 Å². The zero-order valence-corrected chi connectivity index (χ0v) is 23.5. The molecule has 0 saturated heterocycles. The lowest BCUT2D eigenvalue weighted by Gasteiger charge is -2.32. The first kappa shape index (κ1) is 31.6. The molecule has 3 rings (SSSR count). The molecule has 0 aliphatic heterocycles. The van der Waals surface area contributed by atoms with Gasteiger partial charge in [0, 0.05) is 12.6 Å². The molecule has 7 nitrogen and oxygen atoms in total. The van der Waals surface area contributed by atoms with Crippen LogP contribution in [0.3, 0.4) is 0 Å². The quantitative estimate of drug-likeness (QED) is 0.303. The van der Waals surface area contributed by atoms with E-state index in [9.17, 15) is 35.6 Å². The zero-order chi connectivity index (χ0) is 30.4. The van der Waals surface area contributed by atoms with Crippen LogP contribution in [0.4, 0.5) is 23.2 Å². The summed E-state index contributed by atoms with van der Waals surface area (Å²) < 4.78 is 82.1. The summed E-state index contributed by atoms with van der Waals surface area (Å²) in [5.74, 6) is -1.87. The molecular formula is C29H31F4N3O4S. The normalized spacial score (nSPS) is 13.2. The summed E-state index contributed by atoms with van der Waals surface area (Å²) in [5.41, 5.74) is -1.02. The lowest BCUT2D eigenvalue weighted by Crippen LogP contribution is -2.52. The number of nitrogens with one attached hydrogen (secondary N) is 1. The SMILES string of the molecule is CC[C@H](C)NC(=O)[C@H](C)N(Cc1ccc(F)cc1)C(=O)CN(c1cccc(C(F)(F)F)c1)S(=O)(=O)c1ccccc1. The Kier molecular flexibility index (Phi) is 10.1. The number of amides is 2. The van der Waals surface area contributed by atoms with Crippen molar-refractivity contribution in [3.05, 3.63) is 95.8 Å². The Morgan fingerprint density at radius 2 is 1.56 bits per heavy atom. The van der Waals surface area contributed by atoms with Crippen LogP contribution in [0.15, 0.2) is 83.8 Å². The summed E-state index contributed by atoms with van der Waals surface area (Å²) >= 11 is 0. The molecule has 0 aliphatic rings. The molecule has 2 atom stereocenters. The van der Waals surface area contributed by atoms with Gasteiger partial charge in [-0.15, -0.1) is 0 Å². The van der Waals surface area contributed by atoms with Gasteiger partial charge in [0.25, 0.3) is 10.0 Å². The topological polar surface area (TPSA) is 86.8 Å². The van der Waals surface area contributed by atoms with Crippen molar-refractivity contribution in [2.75, 3.05) is 10.8 Å². The first-order chi connectivity index (χ1) is 19.2. The average Bonchev–Trinajstić information content (AvgIpc) is 2.95. The van der Waals surface area contributed by atoms with E-state index in [4.69, 9.17) is 0 Å². The molecule has 0 saturated carbocycles. The molecule has 2 amide bonds. The van der Waals surface area contributed by atoms with Gasteiger partial charge in [-0.2, -0.15) is 13.2 Å². The van der Waals surface area contributed by atoms with Crippen LogP contribution in [-0.2, 0) is 32.3 Å². The summed E-state index contributed by atoms with van der Waals surface area (Å²) in [7, 11) is -4.52. The number of halogens is 4. The minimum Gasteiger partial charge on any atom is -0.352 e. The van der Waals surface area contributed by atoms with E-state index in [2.05, 4.69) is 5.32 Å². The molecule has 0 aliphatic carbocycles. The Labute approximate surface area is 236 Å². The van der Waals surface area contributed by atoms with Gasteiger partial charge < -0.3 is 10.2 Å². The molecule has 220 valence electrons. The van der Waals surface area contributed by atoms with Gasteiger partial charge >= 0.3 is 6.18 Å². The number of hydrogen-bond donors (Lipinski definition) is 1. The van der Waals surface area contributed by atoms with Crippen molar-refractivity contribution < 1.29 is 35.6 Å². The second-order valence-electron chi connectivity index (χ2n) is 9.51. The number of anilines is 1. The highest BCUT2D eigenvalue weighted by Crippen LogP contribution is 2.33. The predicted molar refractivity (Wildman–Crippen MR) is 147 cm³/mol. The van der Waals surface area contributed by atoms with Crippen LogP contribution < -0.4 is 9.62 Å². The second-order valence-corrected chi connectivity index (χ2v) is 11.4. The number of rotatable bonds is 11. The Balaban J connectivity index is 2.07. The van der Waals surface area contributed by atoms with Crippen LogP contribution in [0.25, 0.3) is 0 Å². The summed E-state index contributed by atoms with van der Waals surface area (Å²) in [6, 6.07) is 14.5. The van der Waals surface area contributed by atoms with Crippen molar-refractivity contribution in [3.8, 4) is 0 Å². The van der Waals surface area contributed by atoms with Crippen LogP contribution >= 0.6 is 0 Å².